The minimum atomic E-state index is 0.460. The van der Waals surface area contributed by atoms with E-state index in [0.29, 0.717) is 6.42 Å². The van der Waals surface area contributed by atoms with E-state index in [9.17, 15) is 0 Å². The highest BCUT2D eigenvalue weighted by atomic mass is 127. The van der Waals surface area contributed by atoms with Gasteiger partial charge in [0, 0.05) is 8.59 Å². The van der Waals surface area contributed by atoms with Crippen molar-refractivity contribution in [3.05, 3.63) is 31.9 Å². The van der Waals surface area contributed by atoms with E-state index in [0.717, 1.165) is 19.7 Å². The molecule has 3 heteroatoms. The summed E-state index contributed by atoms with van der Waals surface area (Å²) < 4.78 is 1.07. The number of hydrogen-bond acceptors (Lipinski definition) is 1. The predicted octanol–water partition coefficient (Wildman–Crippen LogP) is 3.32. The van der Waals surface area contributed by atoms with Gasteiger partial charge in [-0.15, -0.1) is 0 Å². The number of hydrogen-bond donors (Lipinski definition) is 0. The third-order valence-electron chi connectivity index (χ3n) is 1.64. The predicted molar refractivity (Wildman–Crippen MR) is 58.2 cm³/mol. The van der Waals surface area contributed by atoms with Crippen LogP contribution < -0.4 is 0 Å². The van der Waals surface area contributed by atoms with Gasteiger partial charge in [0.05, 0.1) is 12.5 Å². The number of nitrogens with zero attached hydrogens (tertiary/aromatic N) is 1. The first kappa shape index (κ1) is 9.82. The van der Waals surface area contributed by atoms with Crippen molar-refractivity contribution in [2.75, 3.05) is 0 Å². The SMILES string of the molecule is Cc1cc(Cl)cc(I)c1CC#N. The monoisotopic (exact) mass is 291 g/mol. The van der Waals surface area contributed by atoms with Gasteiger partial charge in [0.25, 0.3) is 0 Å². The lowest BCUT2D eigenvalue weighted by Crippen LogP contribution is -1.91. The molecule has 0 atom stereocenters. The fourth-order valence-electron chi connectivity index (χ4n) is 1.04. The van der Waals surface area contributed by atoms with Gasteiger partial charge in [-0.05, 0) is 52.8 Å². The van der Waals surface area contributed by atoms with Crippen LogP contribution in [0.15, 0.2) is 12.1 Å². The van der Waals surface area contributed by atoms with Gasteiger partial charge in [-0.25, -0.2) is 0 Å². The quantitative estimate of drug-likeness (QED) is 0.728. The van der Waals surface area contributed by atoms with Crippen LogP contribution in [0.3, 0.4) is 0 Å². The van der Waals surface area contributed by atoms with E-state index in [-0.39, 0.29) is 0 Å². The second-order valence-electron chi connectivity index (χ2n) is 2.52. The Morgan fingerprint density at radius 3 is 2.75 bits per heavy atom. The summed E-state index contributed by atoms with van der Waals surface area (Å²) in [6.07, 6.45) is 0.460. The zero-order valence-corrected chi connectivity index (χ0v) is 9.48. The molecule has 0 bridgehead atoms. The fourth-order valence-corrected chi connectivity index (χ4v) is 2.44. The van der Waals surface area contributed by atoms with Gasteiger partial charge in [-0.1, -0.05) is 11.6 Å². The van der Waals surface area contributed by atoms with Crippen LogP contribution in [0.5, 0.6) is 0 Å². The zero-order chi connectivity index (χ0) is 9.14. The highest BCUT2D eigenvalue weighted by Gasteiger charge is 2.04. The van der Waals surface area contributed by atoms with Crippen molar-refractivity contribution in [3.63, 3.8) is 0 Å². The van der Waals surface area contributed by atoms with Crippen molar-refractivity contribution in [3.8, 4) is 6.07 Å². The van der Waals surface area contributed by atoms with E-state index in [2.05, 4.69) is 28.7 Å². The maximum absolute atomic E-state index is 8.55. The lowest BCUT2D eigenvalue weighted by Gasteiger charge is -2.04. The van der Waals surface area contributed by atoms with Crippen LogP contribution >= 0.6 is 34.2 Å². The topological polar surface area (TPSA) is 23.8 Å². The van der Waals surface area contributed by atoms with Crippen LogP contribution in [0.4, 0.5) is 0 Å². The molecule has 0 spiro atoms. The number of benzene rings is 1. The number of nitriles is 1. The Kier molecular flexibility index (Phi) is 3.36. The lowest BCUT2D eigenvalue weighted by molar-refractivity contribution is 1.19. The Balaban J connectivity index is 3.21. The van der Waals surface area contributed by atoms with E-state index in [4.69, 9.17) is 16.9 Å². The second-order valence-corrected chi connectivity index (χ2v) is 4.12. The molecule has 12 heavy (non-hydrogen) atoms. The van der Waals surface area contributed by atoms with Crippen molar-refractivity contribution in [2.45, 2.75) is 13.3 Å². The van der Waals surface area contributed by atoms with Gasteiger partial charge in [-0.2, -0.15) is 5.26 Å². The Morgan fingerprint density at radius 1 is 1.58 bits per heavy atom. The minimum absolute atomic E-state index is 0.460. The Morgan fingerprint density at radius 2 is 2.25 bits per heavy atom. The fraction of sp³-hybridized carbons (Fsp3) is 0.222. The second kappa shape index (κ2) is 4.11. The van der Waals surface area contributed by atoms with Crippen LogP contribution in [0.1, 0.15) is 11.1 Å². The van der Waals surface area contributed by atoms with Crippen molar-refractivity contribution in [1.82, 2.24) is 0 Å². The van der Waals surface area contributed by atoms with Crippen molar-refractivity contribution in [1.29, 1.82) is 5.26 Å². The molecule has 0 aromatic heterocycles. The molecule has 0 aliphatic rings. The van der Waals surface area contributed by atoms with Crippen LogP contribution in [-0.4, -0.2) is 0 Å². The molecule has 1 nitrogen and oxygen atoms in total. The summed E-state index contributed by atoms with van der Waals surface area (Å²) in [6.45, 7) is 1.97. The molecule has 0 saturated heterocycles. The van der Waals surface area contributed by atoms with E-state index in [1.54, 1.807) is 0 Å². The lowest BCUT2D eigenvalue weighted by atomic mass is 10.1. The largest absolute Gasteiger partial charge is 0.198 e. The first-order chi connectivity index (χ1) is 5.65. The summed E-state index contributed by atoms with van der Waals surface area (Å²) in [5, 5.41) is 9.29. The summed E-state index contributed by atoms with van der Waals surface area (Å²) in [6, 6.07) is 5.90. The summed E-state index contributed by atoms with van der Waals surface area (Å²) in [7, 11) is 0. The smallest absolute Gasteiger partial charge is 0.0670 e. The molecule has 0 radical (unpaired) electrons. The molecule has 0 fully saturated rings. The Labute approximate surface area is 90.5 Å². The normalized spacial score (nSPS) is 9.50. The molecule has 0 heterocycles. The summed E-state index contributed by atoms with van der Waals surface area (Å²) in [4.78, 5) is 0. The maximum Gasteiger partial charge on any atom is 0.0670 e. The van der Waals surface area contributed by atoms with Crippen molar-refractivity contribution < 1.29 is 0 Å². The van der Waals surface area contributed by atoms with Crippen LogP contribution in [0, 0.1) is 21.8 Å². The molecule has 0 unspecified atom stereocenters. The summed E-state index contributed by atoms with van der Waals surface area (Å²) in [5.41, 5.74) is 2.18. The Hall–Kier alpha value is -0.270. The molecular weight excluding hydrogens is 284 g/mol. The molecule has 1 aromatic rings. The van der Waals surface area contributed by atoms with Gasteiger partial charge in [0.2, 0.25) is 0 Å². The standard InChI is InChI=1S/C9H7ClIN/c1-6-4-7(10)5-9(11)8(6)2-3-12/h4-5H,2H2,1H3. The van der Waals surface area contributed by atoms with Gasteiger partial charge in [0.1, 0.15) is 0 Å². The molecular formula is C9H7ClIN. The maximum atomic E-state index is 8.55. The van der Waals surface area contributed by atoms with Gasteiger partial charge >= 0.3 is 0 Å². The highest BCUT2D eigenvalue weighted by Crippen LogP contribution is 2.22. The van der Waals surface area contributed by atoms with Crippen LogP contribution in [-0.2, 0) is 6.42 Å². The van der Waals surface area contributed by atoms with E-state index in [1.165, 1.54) is 0 Å². The summed E-state index contributed by atoms with van der Waals surface area (Å²) in [5.74, 6) is 0. The van der Waals surface area contributed by atoms with Crippen molar-refractivity contribution in [2.24, 2.45) is 0 Å². The molecule has 0 amide bonds. The molecule has 0 aliphatic carbocycles. The van der Waals surface area contributed by atoms with Gasteiger partial charge < -0.3 is 0 Å². The van der Waals surface area contributed by atoms with Crippen LogP contribution in [0.25, 0.3) is 0 Å². The molecule has 1 aromatic carbocycles. The Bertz CT molecular complexity index is 318. The third kappa shape index (κ3) is 2.11. The molecule has 62 valence electrons. The van der Waals surface area contributed by atoms with E-state index in [1.807, 2.05) is 19.1 Å². The van der Waals surface area contributed by atoms with Gasteiger partial charge in [-0.3, -0.25) is 0 Å². The average Bonchev–Trinajstić information content (AvgIpc) is 1.96. The average molecular weight is 292 g/mol. The number of rotatable bonds is 1. The van der Waals surface area contributed by atoms with Gasteiger partial charge in [0.15, 0.2) is 0 Å². The summed E-state index contributed by atoms with van der Waals surface area (Å²) >= 11 is 8.03. The van der Waals surface area contributed by atoms with Crippen molar-refractivity contribution >= 4 is 34.2 Å². The highest BCUT2D eigenvalue weighted by molar-refractivity contribution is 14.1. The minimum Gasteiger partial charge on any atom is -0.198 e. The zero-order valence-electron chi connectivity index (χ0n) is 6.56. The molecule has 0 saturated carbocycles. The molecule has 0 aliphatic heterocycles. The number of halogens is 2. The molecule has 0 N–H and O–H groups in total. The van der Waals surface area contributed by atoms with E-state index < -0.39 is 0 Å². The third-order valence-corrected chi connectivity index (χ3v) is 2.82. The number of aryl methyl sites for hydroxylation is 1. The first-order valence-electron chi connectivity index (χ1n) is 3.46. The molecule has 1 rings (SSSR count). The van der Waals surface area contributed by atoms with E-state index >= 15 is 0 Å². The van der Waals surface area contributed by atoms with Crippen LogP contribution in [0.2, 0.25) is 5.02 Å². The first-order valence-corrected chi connectivity index (χ1v) is 4.92.